The van der Waals surface area contributed by atoms with Crippen LogP contribution < -0.4 is 10.1 Å². The molecule has 2 aromatic carbocycles. The molecule has 0 amide bonds. The third-order valence-electron chi connectivity index (χ3n) is 3.00. The molecule has 0 spiro atoms. The van der Waals surface area contributed by atoms with Gasteiger partial charge in [-0.15, -0.1) is 6.42 Å². The number of nitrogens with one attached hydrogen (secondary N) is 1. The van der Waals surface area contributed by atoms with Gasteiger partial charge in [0.25, 0.3) is 0 Å². The van der Waals surface area contributed by atoms with Crippen molar-refractivity contribution in [3.05, 3.63) is 58.1 Å². The van der Waals surface area contributed by atoms with Crippen LogP contribution in [0.1, 0.15) is 24.5 Å². The van der Waals surface area contributed by atoms with Crippen molar-refractivity contribution in [1.29, 1.82) is 0 Å². The highest BCUT2D eigenvalue weighted by atomic mass is 79.9. The lowest BCUT2D eigenvalue weighted by atomic mass is 10.1. The molecule has 0 bridgehead atoms. The van der Waals surface area contributed by atoms with Crippen LogP contribution in [0.25, 0.3) is 0 Å². The van der Waals surface area contributed by atoms with E-state index in [1.54, 1.807) is 0 Å². The van der Waals surface area contributed by atoms with E-state index in [0.29, 0.717) is 6.54 Å². The maximum absolute atomic E-state index is 5.78. The Morgan fingerprint density at radius 2 is 2.10 bits per heavy atom. The highest BCUT2D eigenvalue weighted by molar-refractivity contribution is 9.10. The Balaban J connectivity index is 2.11. The van der Waals surface area contributed by atoms with Crippen molar-refractivity contribution in [2.75, 3.05) is 11.9 Å². The minimum absolute atomic E-state index is 0.687. The Morgan fingerprint density at radius 1 is 1.24 bits per heavy atom. The number of hydrogen-bond donors (Lipinski definition) is 1. The van der Waals surface area contributed by atoms with Gasteiger partial charge in [0.05, 0.1) is 6.61 Å². The van der Waals surface area contributed by atoms with Crippen LogP contribution in [0.4, 0.5) is 5.69 Å². The minimum Gasteiger partial charge on any atom is -0.493 e. The summed E-state index contributed by atoms with van der Waals surface area (Å²) in [4.78, 5) is 0. The van der Waals surface area contributed by atoms with Crippen molar-refractivity contribution in [1.82, 2.24) is 0 Å². The topological polar surface area (TPSA) is 21.3 Å². The summed E-state index contributed by atoms with van der Waals surface area (Å²) in [7, 11) is 0. The average molecular weight is 344 g/mol. The Labute approximate surface area is 134 Å². The first-order valence-corrected chi connectivity index (χ1v) is 7.74. The summed E-state index contributed by atoms with van der Waals surface area (Å²) in [6, 6.07) is 13.9. The summed E-state index contributed by atoms with van der Waals surface area (Å²) in [5.41, 5.74) is 2.99. The molecule has 0 saturated carbocycles. The predicted molar refractivity (Wildman–Crippen MR) is 91.6 cm³/mol. The van der Waals surface area contributed by atoms with E-state index in [0.717, 1.165) is 40.1 Å². The van der Waals surface area contributed by atoms with E-state index in [2.05, 4.69) is 40.2 Å². The minimum atomic E-state index is 0.687. The molecule has 0 aliphatic carbocycles. The summed E-state index contributed by atoms with van der Waals surface area (Å²) >= 11 is 3.50. The lowest BCUT2D eigenvalue weighted by molar-refractivity contribution is 0.314. The van der Waals surface area contributed by atoms with Gasteiger partial charge in [0.15, 0.2) is 0 Å². The van der Waals surface area contributed by atoms with Crippen LogP contribution >= 0.6 is 15.9 Å². The van der Waals surface area contributed by atoms with Crippen molar-refractivity contribution in [2.45, 2.75) is 19.9 Å². The normalized spacial score (nSPS) is 9.95. The van der Waals surface area contributed by atoms with Gasteiger partial charge in [-0.3, -0.25) is 0 Å². The van der Waals surface area contributed by atoms with Gasteiger partial charge in [-0.2, -0.15) is 0 Å². The number of ether oxygens (including phenoxy) is 1. The highest BCUT2D eigenvalue weighted by Crippen LogP contribution is 2.24. The SMILES string of the molecule is C#Cc1cccc(NCc2cc(Br)ccc2OCCC)c1. The van der Waals surface area contributed by atoms with Crippen LogP contribution in [0, 0.1) is 12.3 Å². The molecule has 0 unspecified atom stereocenters. The molecule has 2 aromatic rings. The van der Waals surface area contributed by atoms with Crippen molar-refractivity contribution < 1.29 is 4.74 Å². The molecule has 0 aliphatic heterocycles. The van der Waals surface area contributed by atoms with Gasteiger partial charge in [-0.25, -0.2) is 0 Å². The molecular weight excluding hydrogens is 326 g/mol. The second-order valence-electron chi connectivity index (χ2n) is 4.68. The third-order valence-corrected chi connectivity index (χ3v) is 3.49. The molecule has 1 N–H and O–H groups in total. The molecule has 21 heavy (non-hydrogen) atoms. The van der Waals surface area contributed by atoms with Gasteiger partial charge in [-0.1, -0.05) is 34.8 Å². The van der Waals surface area contributed by atoms with Crippen LogP contribution in [0.2, 0.25) is 0 Å². The molecule has 0 radical (unpaired) electrons. The second kappa shape index (κ2) is 7.75. The molecule has 0 fully saturated rings. The first kappa shape index (κ1) is 15.5. The van der Waals surface area contributed by atoms with E-state index in [9.17, 15) is 0 Å². The Bertz CT molecular complexity index is 646. The molecule has 0 atom stereocenters. The molecule has 108 valence electrons. The van der Waals surface area contributed by atoms with Crippen LogP contribution in [0.15, 0.2) is 46.9 Å². The molecule has 0 aliphatic rings. The fourth-order valence-electron chi connectivity index (χ4n) is 1.96. The molecular formula is C18H18BrNO. The van der Waals surface area contributed by atoms with Gasteiger partial charge < -0.3 is 10.1 Å². The number of anilines is 1. The standard InChI is InChI=1S/C18H18BrNO/c1-3-10-21-18-9-8-16(19)12-15(18)13-20-17-7-5-6-14(4-2)11-17/h2,5-9,11-12,20H,3,10,13H2,1H3. The predicted octanol–water partition coefficient (Wildman–Crippen LogP) is 4.83. The maximum atomic E-state index is 5.78. The first-order valence-electron chi connectivity index (χ1n) is 6.94. The smallest absolute Gasteiger partial charge is 0.124 e. The van der Waals surface area contributed by atoms with Crippen molar-refractivity contribution >= 4 is 21.6 Å². The van der Waals surface area contributed by atoms with E-state index in [-0.39, 0.29) is 0 Å². The van der Waals surface area contributed by atoms with E-state index in [1.807, 2.05) is 36.4 Å². The van der Waals surface area contributed by atoms with Gasteiger partial charge >= 0.3 is 0 Å². The molecule has 0 heterocycles. The van der Waals surface area contributed by atoms with Gasteiger partial charge in [0.2, 0.25) is 0 Å². The number of halogens is 1. The number of benzene rings is 2. The van der Waals surface area contributed by atoms with E-state index in [1.165, 1.54) is 0 Å². The number of hydrogen-bond acceptors (Lipinski definition) is 2. The quantitative estimate of drug-likeness (QED) is 0.758. The molecule has 3 heteroatoms. The zero-order valence-corrected chi connectivity index (χ0v) is 13.6. The zero-order chi connectivity index (χ0) is 15.1. The van der Waals surface area contributed by atoms with Crippen LogP contribution in [-0.2, 0) is 6.54 Å². The van der Waals surface area contributed by atoms with Crippen molar-refractivity contribution in [3.8, 4) is 18.1 Å². The summed E-state index contributed by atoms with van der Waals surface area (Å²) in [5, 5.41) is 3.38. The lowest BCUT2D eigenvalue weighted by Gasteiger charge is -2.13. The third kappa shape index (κ3) is 4.54. The first-order chi connectivity index (χ1) is 10.2. The highest BCUT2D eigenvalue weighted by Gasteiger charge is 2.05. The van der Waals surface area contributed by atoms with Crippen LogP contribution in [0.5, 0.6) is 5.75 Å². The Hall–Kier alpha value is -1.92. The number of rotatable bonds is 6. The molecule has 0 aromatic heterocycles. The Morgan fingerprint density at radius 3 is 2.86 bits per heavy atom. The molecule has 2 rings (SSSR count). The largest absolute Gasteiger partial charge is 0.493 e. The number of terminal acetylenes is 1. The van der Waals surface area contributed by atoms with Crippen molar-refractivity contribution in [2.24, 2.45) is 0 Å². The fraction of sp³-hybridized carbons (Fsp3) is 0.222. The fourth-order valence-corrected chi connectivity index (χ4v) is 2.36. The summed E-state index contributed by atoms with van der Waals surface area (Å²) in [5.74, 6) is 3.56. The van der Waals surface area contributed by atoms with E-state index in [4.69, 9.17) is 11.2 Å². The Kier molecular flexibility index (Phi) is 5.71. The summed E-state index contributed by atoms with van der Waals surface area (Å²) < 4.78 is 6.82. The molecule has 0 saturated heterocycles. The van der Waals surface area contributed by atoms with Crippen LogP contribution in [-0.4, -0.2) is 6.61 Å². The monoisotopic (exact) mass is 343 g/mol. The van der Waals surface area contributed by atoms with Crippen LogP contribution in [0.3, 0.4) is 0 Å². The van der Waals surface area contributed by atoms with Gasteiger partial charge in [-0.05, 0) is 42.8 Å². The average Bonchev–Trinajstić information content (AvgIpc) is 2.52. The molecule has 2 nitrogen and oxygen atoms in total. The second-order valence-corrected chi connectivity index (χ2v) is 5.59. The van der Waals surface area contributed by atoms with Gasteiger partial charge in [0, 0.05) is 27.8 Å². The lowest BCUT2D eigenvalue weighted by Crippen LogP contribution is -2.04. The van der Waals surface area contributed by atoms with Gasteiger partial charge in [0.1, 0.15) is 5.75 Å². The maximum Gasteiger partial charge on any atom is 0.124 e. The summed E-state index contributed by atoms with van der Waals surface area (Å²) in [6.07, 6.45) is 6.41. The van der Waals surface area contributed by atoms with E-state index >= 15 is 0 Å². The summed E-state index contributed by atoms with van der Waals surface area (Å²) in [6.45, 7) is 3.51. The zero-order valence-electron chi connectivity index (χ0n) is 12.0. The van der Waals surface area contributed by atoms with E-state index < -0.39 is 0 Å². The van der Waals surface area contributed by atoms with Crippen molar-refractivity contribution in [3.63, 3.8) is 0 Å².